The zero-order valence-corrected chi connectivity index (χ0v) is 19.8. The molecule has 2 N–H and O–H groups in total. The van der Waals surface area contributed by atoms with Gasteiger partial charge in [-0.2, -0.15) is 4.31 Å². The van der Waals surface area contributed by atoms with Gasteiger partial charge >= 0.3 is 0 Å². The number of carbonyl (C=O) groups excluding carboxylic acids is 1. The van der Waals surface area contributed by atoms with Crippen LogP contribution >= 0.6 is 23.2 Å². The molecule has 0 atom stereocenters. The monoisotopic (exact) mass is 484 g/mol. The molecule has 0 bridgehead atoms. The van der Waals surface area contributed by atoms with Crippen molar-refractivity contribution in [3.8, 4) is 0 Å². The van der Waals surface area contributed by atoms with E-state index in [-0.39, 0.29) is 11.8 Å². The van der Waals surface area contributed by atoms with Crippen LogP contribution in [0.1, 0.15) is 24.0 Å². The van der Waals surface area contributed by atoms with E-state index in [0.29, 0.717) is 59.8 Å². The molecular weight excluding hydrogens is 459 g/mol. The summed E-state index contributed by atoms with van der Waals surface area (Å²) in [5, 5.41) is 6.80. The molecule has 1 aromatic carbocycles. The van der Waals surface area contributed by atoms with Crippen molar-refractivity contribution in [1.82, 2.24) is 14.6 Å². The number of aromatic nitrogens is 1. The second-order valence-electron chi connectivity index (χ2n) is 7.63. The number of piperidine rings is 1. The number of sulfonamides is 1. The molecule has 0 spiro atoms. The highest BCUT2D eigenvalue weighted by atomic mass is 35.5. The lowest BCUT2D eigenvalue weighted by Gasteiger charge is -2.30. The van der Waals surface area contributed by atoms with E-state index >= 15 is 0 Å². The van der Waals surface area contributed by atoms with Crippen LogP contribution in [0.4, 0.5) is 5.82 Å². The van der Waals surface area contributed by atoms with Gasteiger partial charge in [-0.05, 0) is 56.0 Å². The number of halogens is 2. The quantitative estimate of drug-likeness (QED) is 0.585. The third kappa shape index (κ3) is 5.88. The van der Waals surface area contributed by atoms with Crippen molar-refractivity contribution < 1.29 is 13.2 Å². The minimum atomic E-state index is -3.55. The molecule has 1 amide bonds. The van der Waals surface area contributed by atoms with Crippen molar-refractivity contribution in [3.63, 3.8) is 0 Å². The number of nitrogens with zero attached hydrogens (tertiary/aromatic N) is 2. The summed E-state index contributed by atoms with van der Waals surface area (Å²) >= 11 is 11.9. The SMILES string of the molecule is Cc1ccc(S(=O)(=O)N2CCC(C(=O)NCCNc3ncc(Cl)cc3Cl)CC2)cc1C. The molecule has 168 valence electrons. The molecule has 0 aliphatic carbocycles. The molecule has 1 saturated heterocycles. The minimum absolute atomic E-state index is 0.0693. The Morgan fingerprint density at radius 2 is 1.84 bits per heavy atom. The summed E-state index contributed by atoms with van der Waals surface area (Å²) in [4.78, 5) is 16.9. The lowest BCUT2D eigenvalue weighted by molar-refractivity contribution is -0.126. The molecule has 0 radical (unpaired) electrons. The van der Waals surface area contributed by atoms with Gasteiger partial charge in [-0.3, -0.25) is 4.79 Å². The molecule has 10 heteroatoms. The van der Waals surface area contributed by atoms with Crippen molar-refractivity contribution in [2.24, 2.45) is 5.92 Å². The van der Waals surface area contributed by atoms with E-state index in [9.17, 15) is 13.2 Å². The summed E-state index contributed by atoms with van der Waals surface area (Å²) in [6, 6.07) is 6.77. The van der Waals surface area contributed by atoms with Gasteiger partial charge in [0.2, 0.25) is 15.9 Å². The Kier molecular flexibility index (Phi) is 7.80. The number of hydrogen-bond donors (Lipinski definition) is 2. The molecular formula is C21H26Cl2N4O3S. The third-order valence-electron chi connectivity index (χ3n) is 5.47. The molecule has 2 heterocycles. The highest BCUT2D eigenvalue weighted by molar-refractivity contribution is 7.89. The van der Waals surface area contributed by atoms with Crippen LogP contribution in [0.25, 0.3) is 0 Å². The van der Waals surface area contributed by atoms with Crippen LogP contribution in [0.5, 0.6) is 0 Å². The Hall–Kier alpha value is -1.87. The third-order valence-corrected chi connectivity index (χ3v) is 7.85. The number of hydrogen-bond acceptors (Lipinski definition) is 5. The van der Waals surface area contributed by atoms with E-state index in [1.807, 2.05) is 19.9 Å². The summed E-state index contributed by atoms with van der Waals surface area (Å²) in [7, 11) is -3.55. The molecule has 2 aromatic rings. The van der Waals surface area contributed by atoms with Gasteiger partial charge < -0.3 is 10.6 Å². The second-order valence-corrected chi connectivity index (χ2v) is 10.4. The van der Waals surface area contributed by atoms with Gasteiger partial charge in [0.15, 0.2) is 0 Å². The van der Waals surface area contributed by atoms with Gasteiger partial charge in [-0.1, -0.05) is 29.3 Å². The predicted octanol–water partition coefficient (Wildman–Crippen LogP) is 3.63. The van der Waals surface area contributed by atoms with Crippen LogP contribution in [0.2, 0.25) is 10.0 Å². The fraction of sp³-hybridized carbons (Fsp3) is 0.429. The molecule has 1 aliphatic rings. The topological polar surface area (TPSA) is 91.4 Å². The number of pyridine rings is 1. The Labute approximate surface area is 193 Å². The highest BCUT2D eigenvalue weighted by Gasteiger charge is 2.32. The van der Waals surface area contributed by atoms with E-state index in [1.165, 1.54) is 10.5 Å². The Morgan fingerprint density at radius 3 is 2.48 bits per heavy atom. The number of amides is 1. The molecule has 0 unspecified atom stereocenters. The van der Waals surface area contributed by atoms with Crippen molar-refractivity contribution >= 4 is 45.0 Å². The van der Waals surface area contributed by atoms with E-state index < -0.39 is 10.0 Å². The van der Waals surface area contributed by atoms with E-state index in [4.69, 9.17) is 23.2 Å². The smallest absolute Gasteiger partial charge is 0.243 e. The number of aryl methyl sites for hydroxylation is 2. The fourth-order valence-corrected chi connectivity index (χ4v) is 5.44. The standard InChI is InChI=1S/C21H26Cl2N4O3S/c1-14-3-4-18(11-15(14)2)31(29,30)27-9-5-16(6-10-27)21(28)25-8-7-24-20-19(23)12-17(22)13-26-20/h3-4,11-13,16H,5-10H2,1-2H3,(H,24,26)(H,25,28). The predicted molar refractivity (Wildman–Crippen MR) is 123 cm³/mol. The molecule has 0 saturated carbocycles. The number of anilines is 1. The van der Waals surface area contributed by atoms with Crippen LogP contribution in [0.3, 0.4) is 0 Å². The van der Waals surface area contributed by atoms with E-state index in [1.54, 1.807) is 18.2 Å². The van der Waals surface area contributed by atoms with Gasteiger partial charge in [-0.15, -0.1) is 0 Å². The van der Waals surface area contributed by atoms with Gasteiger partial charge in [-0.25, -0.2) is 13.4 Å². The first-order valence-corrected chi connectivity index (χ1v) is 12.3. The summed E-state index contributed by atoms with van der Waals surface area (Å²) in [5.41, 5.74) is 2.00. The maximum absolute atomic E-state index is 12.9. The molecule has 1 aromatic heterocycles. The first-order valence-electron chi connectivity index (χ1n) is 10.1. The molecule has 3 rings (SSSR count). The maximum atomic E-state index is 12.9. The number of benzene rings is 1. The summed E-state index contributed by atoms with van der Waals surface area (Å²) in [6.45, 7) is 5.37. The van der Waals surface area contributed by atoms with Crippen LogP contribution < -0.4 is 10.6 Å². The molecule has 31 heavy (non-hydrogen) atoms. The fourth-order valence-electron chi connectivity index (χ4n) is 3.44. The Morgan fingerprint density at radius 1 is 1.13 bits per heavy atom. The van der Waals surface area contributed by atoms with Crippen LogP contribution in [0, 0.1) is 19.8 Å². The average molecular weight is 485 g/mol. The Balaban J connectivity index is 1.46. The van der Waals surface area contributed by atoms with Crippen LogP contribution in [0.15, 0.2) is 35.4 Å². The van der Waals surface area contributed by atoms with Crippen molar-refractivity contribution in [1.29, 1.82) is 0 Å². The zero-order chi connectivity index (χ0) is 22.6. The van der Waals surface area contributed by atoms with Crippen molar-refractivity contribution in [2.75, 3.05) is 31.5 Å². The number of rotatable bonds is 7. The summed E-state index contributed by atoms with van der Waals surface area (Å²) in [6.07, 6.45) is 2.48. The lowest BCUT2D eigenvalue weighted by Crippen LogP contribution is -2.43. The normalized spacial score (nSPS) is 15.6. The molecule has 7 nitrogen and oxygen atoms in total. The number of nitrogens with one attached hydrogen (secondary N) is 2. The minimum Gasteiger partial charge on any atom is -0.367 e. The highest BCUT2D eigenvalue weighted by Crippen LogP contribution is 2.25. The first kappa shape index (κ1) is 23.8. The van der Waals surface area contributed by atoms with Gasteiger partial charge in [0.05, 0.1) is 14.9 Å². The number of carbonyl (C=O) groups is 1. The maximum Gasteiger partial charge on any atom is 0.243 e. The summed E-state index contributed by atoms with van der Waals surface area (Å²) in [5.74, 6) is 0.230. The van der Waals surface area contributed by atoms with Crippen LogP contribution in [-0.4, -0.2) is 49.8 Å². The average Bonchev–Trinajstić information content (AvgIpc) is 2.74. The van der Waals surface area contributed by atoms with Crippen molar-refractivity contribution in [2.45, 2.75) is 31.6 Å². The van der Waals surface area contributed by atoms with Gasteiger partial charge in [0.25, 0.3) is 0 Å². The van der Waals surface area contributed by atoms with Crippen molar-refractivity contribution in [3.05, 3.63) is 51.6 Å². The van der Waals surface area contributed by atoms with E-state index in [0.717, 1.165) is 11.1 Å². The van der Waals surface area contributed by atoms with Gasteiger partial charge in [0, 0.05) is 38.3 Å². The Bertz CT molecular complexity index is 1050. The zero-order valence-electron chi connectivity index (χ0n) is 17.5. The molecule has 1 fully saturated rings. The molecule has 1 aliphatic heterocycles. The van der Waals surface area contributed by atoms with Gasteiger partial charge in [0.1, 0.15) is 5.82 Å². The van der Waals surface area contributed by atoms with Crippen LogP contribution in [-0.2, 0) is 14.8 Å². The van der Waals surface area contributed by atoms with E-state index in [2.05, 4.69) is 15.6 Å². The summed E-state index contributed by atoms with van der Waals surface area (Å²) < 4.78 is 27.3. The first-order chi connectivity index (χ1) is 14.7. The largest absolute Gasteiger partial charge is 0.367 e. The second kappa shape index (κ2) is 10.2. The lowest BCUT2D eigenvalue weighted by atomic mass is 9.97.